The van der Waals surface area contributed by atoms with Crippen LogP contribution in [0, 0.1) is 41.0 Å². The Bertz CT molecular complexity index is 1800. The second kappa shape index (κ2) is 11.6. The van der Waals surface area contributed by atoms with Crippen molar-refractivity contribution in [1.29, 1.82) is 0 Å². The first-order valence-electron chi connectivity index (χ1n) is 12.3. The van der Waals surface area contributed by atoms with E-state index in [4.69, 9.17) is 4.74 Å². The van der Waals surface area contributed by atoms with Crippen LogP contribution in [0.15, 0.2) is 89.8 Å². The first kappa shape index (κ1) is 29.6. The van der Waals surface area contributed by atoms with E-state index in [1.54, 1.807) is 26.0 Å². The van der Waals surface area contributed by atoms with Gasteiger partial charge in [-0.25, -0.2) is 13.2 Å². The third kappa shape index (κ3) is 6.00. The van der Waals surface area contributed by atoms with Gasteiger partial charge in [0.05, 0.1) is 26.0 Å². The number of carbonyl (C=O) groups excluding carboxylic acids is 2. The third-order valence-electron chi connectivity index (χ3n) is 6.21. The van der Waals surface area contributed by atoms with Gasteiger partial charge in [0.25, 0.3) is 27.3 Å². The first-order chi connectivity index (χ1) is 19.8. The number of aryl methyl sites for hydroxylation is 3. The minimum atomic E-state index is -4.51. The number of non-ortho nitro benzene ring substituents is 2. The summed E-state index contributed by atoms with van der Waals surface area (Å²) in [6.07, 6.45) is 0. The Morgan fingerprint density at radius 2 is 1.17 bits per heavy atom. The number of sulfonamides is 1. The second-order valence-corrected chi connectivity index (χ2v) is 11.0. The van der Waals surface area contributed by atoms with E-state index in [-0.39, 0.29) is 38.8 Å². The number of esters is 1. The third-order valence-corrected chi connectivity index (χ3v) is 8.23. The van der Waals surface area contributed by atoms with Crippen molar-refractivity contribution < 1.29 is 32.6 Å². The molecule has 13 heteroatoms. The van der Waals surface area contributed by atoms with E-state index in [1.807, 2.05) is 6.92 Å². The van der Waals surface area contributed by atoms with E-state index in [1.165, 1.54) is 36.4 Å². The standard InChI is InChI=1S/C29H23N3O9S/c1-18-16-19(2)27(20(3)17-18)42(39,40)30(28(33)21-4-8-24(9-5-21)31(35)36)23-12-14-26(15-13-23)41-29(34)22-6-10-25(11-7-22)32(37)38/h4-17H,1-3H3. The highest BCUT2D eigenvalue weighted by Gasteiger charge is 2.34. The van der Waals surface area contributed by atoms with Crippen LogP contribution in [0.1, 0.15) is 37.4 Å². The zero-order valence-electron chi connectivity index (χ0n) is 22.5. The monoisotopic (exact) mass is 589 g/mol. The van der Waals surface area contributed by atoms with Gasteiger partial charge in [0.15, 0.2) is 0 Å². The summed E-state index contributed by atoms with van der Waals surface area (Å²) >= 11 is 0. The molecule has 42 heavy (non-hydrogen) atoms. The zero-order chi connectivity index (χ0) is 30.8. The number of hydrogen-bond donors (Lipinski definition) is 0. The van der Waals surface area contributed by atoms with Gasteiger partial charge in [-0.15, -0.1) is 0 Å². The molecule has 0 aromatic heterocycles. The van der Waals surface area contributed by atoms with Gasteiger partial charge in [-0.2, -0.15) is 4.31 Å². The normalized spacial score (nSPS) is 11.0. The number of ether oxygens (including phenoxy) is 1. The molecular formula is C29H23N3O9S. The van der Waals surface area contributed by atoms with Crippen molar-refractivity contribution in [2.24, 2.45) is 0 Å². The SMILES string of the molecule is Cc1cc(C)c(S(=O)(=O)N(C(=O)c2ccc([N+](=O)[O-])cc2)c2ccc(OC(=O)c3ccc([N+](=O)[O-])cc3)cc2)c(C)c1. The van der Waals surface area contributed by atoms with Crippen LogP contribution in [0.4, 0.5) is 17.1 Å². The molecule has 0 N–H and O–H groups in total. The molecule has 0 aliphatic carbocycles. The molecule has 0 heterocycles. The summed E-state index contributed by atoms with van der Waals surface area (Å²) in [7, 11) is -4.51. The van der Waals surface area contributed by atoms with Crippen molar-refractivity contribution in [2.45, 2.75) is 25.7 Å². The van der Waals surface area contributed by atoms with E-state index in [0.717, 1.165) is 42.0 Å². The van der Waals surface area contributed by atoms with Gasteiger partial charge in [-0.1, -0.05) is 17.7 Å². The molecule has 0 saturated carbocycles. The number of rotatable bonds is 8. The van der Waals surface area contributed by atoms with E-state index in [9.17, 15) is 38.2 Å². The summed E-state index contributed by atoms with van der Waals surface area (Å²) < 4.78 is 34.0. The zero-order valence-corrected chi connectivity index (χ0v) is 23.3. The van der Waals surface area contributed by atoms with Crippen LogP contribution in [0.5, 0.6) is 5.75 Å². The van der Waals surface area contributed by atoms with E-state index >= 15 is 0 Å². The summed E-state index contributed by atoms with van der Waals surface area (Å²) in [6, 6.07) is 17.8. The highest BCUT2D eigenvalue weighted by atomic mass is 32.2. The Labute approximate surface area is 240 Å². The highest BCUT2D eigenvalue weighted by Crippen LogP contribution is 2.32. The molecule has 0 aliphatic heterocycles. The Morgan fingerprint density at radius 3 is 1.62 bits per heavy atom. The summed E-state index contributed by atoms with van der Waals surface area (Å²) in [5.74, 6) is -1.75. The Hall–Kier alpha value is -5.43. The van der Waals surface area contributed by atoms with Gasteiger partial charge >= 0.3 is 5.97 Å². The minimum Gasteiger partial charge on any atom is -0.423 e. The average Bonchev–Trinajstić information content (AvgIpc) is 2.93. The Balaban J connectivity index is 1.73. The molecule has 4 rings (SSSR count). The Kier molecular flexibility index (Phi) is 8.15. The van der Waals surface area contributed by atoms with Crippen molar-refractivity contribution in [3.05, 3.63) is 133 Å². The lowest BCUT2D eigenvalue weighted by atomic mass is 10.1. The number of nitro groups is 2. The molecule has 0 unspecified atom stereocenters. The molecule has 12 nitrogen and oxygen atoms in total. The maximum atomic E-state index is 14.1. The van der Waals surface area contributed by atoms with Crippen LogP contribution in [-0.4, -0.2) is 30.1 Å². The molecule has 0 spiro atoms. The van der Waals surface area contributed by atoms with Gasteiger partial charge < -0.3 is 4.74 Å². The van der Waals surface area contributed by atoms with E-state index < -0.39 is 31.7 Å². The lowest BCUT2D eigenvalue weighted by molar-refractivity contribution is -0.385. The van der Waals surface area contributed by atoms with Crippen LogP contribution in [0.2, 0.25) is 0 Å². The predicted octanol–water partition coefficient (Wildman–Crippen LogP) is 5.68. The minimum absolute atomic E-state index is 0.0185. The van der Waals surface area contributed by atoms with Gasteiger partial charge in [0.1, 0.15) is 5.75 Å². The maximum Gasteiger partial charge on any atom is 0.343 e. The molecule has 0 saturated heterocycles. The van der Waals surface area contributed by atoms with Gasteiger partial charge in [-0.3, -0.25) is 25.0 Å². The summed E-state index contributed by atoms with van der Waals surface area (Å²) in [4.78, 5) is 46.8. The molecule has 0 radical (unpaired) electrons. The van der Waals surface area contributed by atoms with Crippen molar-refractivity contribution >= 4 is 39.0 Å². The summed E-state index contributed by atoms with van der Waals surface area (Å²) in [5.41, 5.74) is 1.06. The molecule has 1 amide bonds. The molecule has 0 atom stereocenters. The lowest BCUT2D eigenvalue weighted by Gasteiger charge is -2.25. The topological polar surface area (TPSA) is 167 Å². The summed E-state index contributed by atoms with van der Waals surface area (Å²) in [6.45, 7) is 5.04. The largest absolute Gasteiger partial charge is 0.423 e. The predicted molar refractivity (Wildman–Crippen MR) is 152 cm³/mol. The average molecular weight is 590 g/mol. The fourth-order valence-electron chi connectivity index (χ4n) is 4.41. The smallest absolute Gasteiger partial charge is 0.343 e. The van der Waals surface area contributed by atoms with Crippen molar-refractivity contribution in [2.75, 3.05) is 4.31 Å². The molecule has 0 fully saturated rings. The van der Waals surface area contributed by atoms with Crippen LogP contribution >= 0.6 is 0 Å². The van der Waals surface area contributed by atoms with Crippen molar-refractivity contribution in [1.82, 2.24) is 0 Å². The quantitative estimate of drug-likeness (QED) is 0.109. The number of carbonyl (C=O) groups is 2. The van der Waals surface area contributed by atoms with Crippen LogP contribution in [-0.2, 0) is 10.0 Å². The lowest BCUT2D eigenvalue weighted by Crippen LogP contribution is -2.37. The Morgan fingerprint density at radius 1 is 0.714 bits per heavy atom. The van der Waals surface area contributed by atoms with Crippen LogP contribution < -0.4 is 9.04 Å². The molecule has 4 aromatic carbocycles. The van der Waals surface area contributed by atoms with E-state index in [0.29, 0.717) is 15.4 Å². The second-order valence-electron chi connectivity index (χ2n) is 9.29. The molecular weight excluding hydrogens is 566 g/mol. The molecule has 0 bridgehead atoms. The fourth-order valence-corrected chi connectivity index (χ4v) is 6.25. The first-order valence-corrected chi connectivity index (χ1v) is 13.7. The van der Waals surface area contributed by atoms with Crippen LogP contribution in [0.25, 0.3) is 0 Å². The molecule has 4 aromatic rings. The van der Waals surface area contributed by atoms with Gasteiger partial charge in [0.2, 0.25) is 0 Å². The van der Waals surface area contributed by atoms with Gasteiger partial charge in [0, 0.05) is 29.8 Å². The number of anilines is 1. The fraction of sp³-hybridized carbons (Fsp3) is 0.103. The molecule has 0 aliphatic rings. The number of nitro benzene ring substituents is 2. The van der Waals surface area contributed by atoms with E-state index in [2.05, 4.69) is 0 Å². The summed E-state index contributed by atoms with van der Waals surface area (Å²) in [5, 5.41) is 21.9. The van der Waals surface area contributed by atoms with Crippen molar-refractivity contribution in [3.8, 4) is 5.75 Å². The number of benzene rings is 4. The number of hydrogen-bond acceptors (Lipinski definition) is 9. The number of nitrogens with zero attached hydrogens (tertiary/aromatic N) is 3. The maximum absolute atomic E-state index is 14.1. The highest BCUT2D eigenvalue weighted by molar-refractivity contribution is 7.93. The van der Waals surface area contributed by atoms with Gasteiger partial charge in [-0.05, 0) is 80.4 Å². The number of amides is 1. The molecule has 214 valence electrons. The van der Waals surface area contributed by atoms with Crippen molar-refractivity contribution in [3.63, 3.8) is 0 Å². The van der Waals surface area contributed by atoms with Crippen LogP contribution in [0.3, 0.4) is 0 Å².